The van der Waals surface area contributed by atoms with Crippen molar-refractivity contribution in [3.63, 3.8) is 0 Å². The van der Waals surface area contributed by atoms with Gasteiger partial charge in [0.1, 0.15) is 0 Å². The Morgan fingerprint density at radius 3 is 2.76 bits per heavy atom. The smallest absolute Gasteiger partial charge is 0.0673 e. The van der Waals surface area contributed by atoms with Crippen LogP contribution in [-0.4, -0.2) is 44.3 Å². The van der Waals surface area contributed by atoms with Gasteiger partial charge in [-0.05, 0) is 37.9 Å². The van der Waals surface area contributed by atoms with Crippen molar-refractivity contribution in [1.82, 2.24) is 10.2 Å². The topological polar surface area (TPSA) is 24.5 Å². The zero-order valence-corrected chi connectivity index (χ0v) is 13.8. The van der Waals surface area contributed by atoms with Crippen LogP contribution in [0, 0.1) is 0 Å². The zero-order chi connectivity index (χ0) is 15.1. The maximum atomic E-state index is 5.73. The number of rotatable bonds is 6. The fraction of sp³-hybridized carbons (Fsp3) is 0.667. The van der Waals surface area contributed by atoms with Crippen LogP contribution >= 0.6 is 0 Å². The van der Waals surface area contributed by atoms with Crippen LogP contribution in [0.25, 0.3) is 0 Å². The summed E-state index contributed by atoms with van der Waals surface area (Å²) in [7, 11) is 2.06. The van der Waals surface area contributed by atoms with Gasteiger partial charge in [0.15, 0.2) is 0 Å². The van der Waals surface area contributed by atoms with E-state index in [1.807, 2.05) is 0 Å². The van der Waals surface area contributed by atoms with E-state index in [-0.39, 0.29) is 0 Å². The Morgan fingerprint density at radius 1 is 1.33 bits per heavy atom. The first-order valence-electron chi connectivity index (χ1n) is 8.33. The monoisotopic (exact) mass is 290 g/mol. The van der Waals surface area contributed by atoms with Gasteiger partial charge < -0.3 is 10.1 Å². The van der Waals surface area contributed by atoms with Gasteiger partial charge in [-0.3, -0.25) is 4.90 Å². The number of hydrogen-bond donors (Lipinski definition) is 1. The van der Waals surface area contributed by atoms with Gasteiger partial charge in [0.05, 0.1) is 6.10 Å². The summed E-state index contributed by atoms with van der Waals surface area (Å²) < 4.78 is 5.73. The van der Waals surface area contributed by atoms with E-state index in [2.05, 4.69) is 55.4 Å². The maximum absolute atomic E-state index is 5.73. The summed E-state index contributed by atoms with van der Waals surface area (Å²) in [5, 5.41) is 3.47. The Morgan fingerprint density at radius 2 is 2.10 bits per heavy atom. The molecular weight excluding hydrogens is 260 g/mol. The molecule has 1 saturated heterocycles. The first kappa shape index (κ1) is 16.5. The van der Waals surface area contributed by atoms with Gasteiger partial charge in [0.25, 0.3) is 0 Å². The van der Waals surface area contributed by atoms with E-state index in [4.69, 9.17) is 4.74 Å². The molecule has 0 amide bonds. The van der Waals surface area contributed by atoms with Crippen LogP contribution in [0.1, 0.15) is 43.9 Å². The number of aryl methyl sites for hydroxylation is 1. The van der Waals surface area contributed by atoms with Crippen molar-refractivity contribution in [2.75, 3.05) is 33.3 Å². The number of nitrogens with one attached hydrogen (secondary N) is 1. The zero-order valence-electron chi connectivity index (χ0n) is 13.8. The third-order valence-electron chi connectivity index (χ3n) is 4.25. The molecule has 1 fully saturated rings. The normalized spacial score (nSPS) is 22.0. The summed E-state index contributed by atoms with van der Waals surface area (Å²) in [6.45, 7) is 8.52. The van der Waals surface area contributed by atoms with E-state index < -0.39 is 0 Å². The first-order chi connectivity index (χ1) is 10.2. The SMILES string of the molecule is CCCc1ccc(C(CN2CCCOC(C)C2)NC)cc1. The molecule has 2 rings (SSSR count). The van der Waals surface area contributed by atoms with Gasteiger partial charge in [0.2, 0.25) is 0 Å². The molecular formula is C18H30N2O. The molecule has 0 spiro atoms. The van der Waals surface area contributed by atoms with Crippen molar-refractivity contribution in [3.8, 4) is 0 Å². The predicted octanol–water partition coefficient (Wildman–Crippen LogP) is 3.01. The molecule has 0 saturated carbocycles. The molecule has 1 aromatic carbocycles. The molecule has 118 valence electrons. The molecule has 1 heterocycles. The number of likely N-dealkylation sites (N-methyl/N-ethyl adjacent to an activating group) is 1. The second-order valence-electron chi connectivity index (χ2n) is 6.13. The van der Waals surface area contributed by atoms with Gasteiger partial charge in [0, 0.05) is 32.3 Å². The molecule has 1 aromatic rings. The summed E-state index contributed by atoms with van der Waals surface area (Å²) >= 11 is 0. The average molecular weight is 290 g/mol. The minimum atomic E-state index is 0.344. The highest BCUT2D eigenvalue weighted by atomic mass is 16.5. The van der Waals surface area contributed by atoms with Gasteiger partial charge in [-0.2, -0.15) is 0 Å². The number of ether oxygens (including phenoxy) is 1. The van der Waals surface area contributed by atoms with Crippen LogP contribution in [0.2, 0.25) is 0 Å². The highest BCUT2D eigenvalue weighted by Crippen LogP contribution is 2.17. The molecule has 0 bridgehead atoms. The maximum Gasteiger partial charge on any atom is 0.0673 e. The average Bonchev–Trinajstić information content (AvgIpc) is 2.70. The van der Waals surface area contributed by atoms with Crippen LogP contribution in [0.4, 0.5) is 0 Å². The number of benzene rings is 1. The molecule has 3 heteroatoms. The highest BCUT2D eigenvalue weighted by Gasteiger charge is 2.19. The van der Waals surface area contributed by atoms with Gasteiger partial charge in [-0.1, -0.05) is 37.6 Å². The number of hydrogen-bond acceptors (Lipinski definition) is 3. The molecule has 3 nitrogen and oxygen atoms in total. The summed E-state index contributed by atoms with van der Waals surface area (Å²) in [6.07, 6.45) is 3.86. The lowest BCUT2D eigenvalue weighted by atomic mass is 10.0. The Kier molecular flexibility index (Phi) is 6.68. The van der Waals surface area contributed by atoms with Gasteiger partial charge in [-0.15, -0.1) is 0 Å². The summed E-state index contributed by atoms with van der Waals surface area (Å²) in [6, 6.07) is 9.51. The number of nitrogens with zero attached hydrogens (tertiary/aromatic N) is 1. The second kappa shape index (κ2) is 8.52. The van der Waals surface area contributed by atoms with Gasteiger partial charge >= 0.3 is 0 Å². The molecule has 21 heavy (non-hydrogen) atoms. The third kappa shape index (κ3) is 5.10. The first-order valence-corrected chi connectivity index (χ1v) is 8.33. The fourth-order valence-corrected chi connectivity index (χ4v) is 3.07. The highest BCUT2D eigenvalue weighted by molar-refractivity contribution is 5.25. The van der Waals surface area contributed by atoms with E-state index in [0.29, 0.717) is 12.1 Å². The molecule has 0 aromatic heterocycles. The molecule has 1 aliphatic rings. The quantitative estimate of drug-likeness (QED) is 0.871. The largest absolute Gasteiger partial charge is 0.377 e. The van der Waals surface area contributed by atoms with Crippen LogP contribution < -0.4 is 5.32 Å². The molecule has 0 aliphatic carbocycles. The summed E-state index contributed by atoms with van der Waals surface area (Å²) in [5.74, 6) is 0. The van der Waals surface area contributed by atoms with Crippen molar-refractivity contribution in [3.05, 3.63) is 35.4 Å². The predicted molar refractivity (Wildman–Crippen MR) is 88.7 cm³/mol. The Balaban J connectivity index is 1.98. The minimum absolute atomic E-state index is 0.344. The van der Waals surface area contributed by atoms with E-state index >= 15 is 0 Å². The van der Waals surface area contributed by atoms with Crippen LogP contribution in [0.5, 0.6) is 0 Å². The van der Waals surface area contributed by atoms with Gasteiger partial charge in [-0.25, -0.2) is 0 Å². The fourth-order valence-electron chi connectivity index (χ4n) is 3.07. The van der Waals surface area contributed by atoms with E-state index in [1.165, 1.54) is 24.0 Å². The standard InChI is InChI=1S/C18H30N2O/c1-4-6-16-7-9-17(10-8-16)18(19-3)14-20-11-5-12-21-15(2)13-20/h7-10,15,18-19H,4-6,11-14H2,1-3H3. The van der Waals surface area contributed by atoms with Crippen molar-refractivity contribution >= 4 is 0 Å². The molecule has 1 N–H and O–H groups in total. The molecule has 1 aliphatic heterocycles. The molecule has 2 unspecified atom stereocenters. The van der Waals surface area contributed by atoms with Crippen LogP contribution in [0.3, 0.4) is 0 Å². The third-order valence-corrected chi connectivity index (χ3v) is 4.25. The lowest BCUT2D eigenvalue weighted by Gasteiger charge is -2.27. The van der Waals surface area contributed by atoms with Crippen molar-refractivity contribution in [2.45, 2.75) is 45.3 Å². The summed E-state index contributed by atoms with van der Waals surface area (Å²) in [4.78, 5) is 2.53. The Bertz CT molecular complexity index is 404. The van der Waals surface area contributed by atoms with Crippen molar-refractivity contribution < 1.29 is 4.74 Å². The van der Waals surface area contributed by atoms with Crippen LogP contribution in [-0.2, 0) is 11.2 Å². The summed E-state index contributed by atoms with van der Waals surface area (Å²) in [5.41, 5.74) is 2.82. The Hall–Kier alpha value is -0.900. The van der Waals surface area contributed by atoms with E-state index in [0.717, 1.165) is 32.7 Å². The molecule has 0 radical (unpaired) electrons. The lowest BCUT2D eigenvalue weighted by Crippen LogP contribution is -2.37. The molecule has 2 atom stereocenters. The second-order valence-corrected chi connectivity index (χ2v) is 6.13. The Labute approximate surface area is 129 Å². The minimum Gasteiger partial charge on any atom is -0.377 e. The lowest BCUT2D eigenvalue weighted by molar-refractivity contribution is 0.0665. The van der Waals surface area contributed by atoms with Crippen molar-refractivity contribution in [2.24, 2.45) is 0 Å². The van der Waals surface area contributed by atoms with Crippen molar-refractivity contribution in [1.29, 1.82) is 0 Å². The van der Waals surface area contributed by atoms with Crippen LogP contribution in [0.15, 0.2) is 24.3 Å². The van der Waals surface area contributed by atoms with E-state index in [1.54, 1.807) is 0 Å². The van der Waals surface area contributed by atoms with E-state index in [9.17, 15) is 0 Å².